The van der Waals surface area contributed by atoms with Gasteiger partial charge in [0.05, 0.1) is 14.2 Å². The lowest BCUT2D eigenvalue weighted by Gasteiger charge is -2.42. The van der Waals surface area contributed by atoms with E-state index in [-0.39, 0.29) is 48.6 Å². The van der Waals surface area contributed by atoms with Gasteiger partial charge in [-0.3, -0.25) is 4.79 Å². The summed E-state index contributed by atoms with van der Waals surface area (Å²) in [5, 5.41) is 104. The number of ether oxygens (including phenoxy) is 2. The van der Waals surface area contributed by atoms with E-state index in [1.165, 1.54) is 26.4 Å². The fourth-order valence-electron chi connectivity index (χ4n) is 5.22. The summed E-state index contributed by atoms with van der Waals surface area (Å²) in [7, 11) is 2.65. The molecule has 208 valence electrons. The van der Waals surface area contributed by atoms with Crippen LogP contribution < -0.4 is 9.47 Å². The molecule has 2 aliphatic rings. The monoisotopic (exact) mass is 539 g/mol. The summed E-state index contributed by atoms with van der Waals surface area (Å²) in [4.78, 5) is 14.1. The fourth-order valence-corrected chi connectivity index (χ4v) is 5.22. The van der Waals surface area contributed by atoms with Crippen molar-refractivity contribution in [3.63, 3.8) is 0 Å². The van der Waals surface area contributed by atoms with Crippen LogP contribution in [0.1, 0.15) is 40.7 Å². The number of ketones is 1. The quantitative estimate of drug-likeness (QED) is 0.123. The summed E-state index contributed by atoms with van der Waals surface area (Å²) in [6.45, 7) is -0.330. The van der Waals surface area contributed by atoms with Gasteiger partial charge in [0.15, 0.2) is 28.6 Å². The maximum Gasteiger partial charge on any atom is 0.261 e. The average molecular weight is 539 g/mol. The number of piperidine rings is 1. The van der Waals surface area contributed by atoms with E-state index in [2.05, 4.69) is 0 Å². The second-order valence-corrected chi connectivity index (χ2v) is 9.50. The fraction of sp³-hybridized carbons (Fsp3) is 0.458. The third kappa shape index (κ3) is 3.76. The molecule has 1 unspecified atom stereocenters. The summed E-state index contributed by atoms with van der Waals surface area (Å²) in [5.41, 5.74) is -4.13. The predicted molar refractivity (Wildman–Crippen MR) is 125 cm³/mol. The molecular weight excluding hydrogens is 510 g/mol. The Morgan fingerprint density at radius 3 is 1.84 bits per heavy atom. The first-order chi connectivity index (χ1) is 17.6. The number of hydrogen-bond acceptors (Lipinski definition) is 14. The van der Waals surface area contributed by atoms with Crippen LogP contribution in [0.3, 0.4) is 0 Å². The van der Waals surface area contributed by atoms with E-state index in [9.17, 15) is 55.9 Å². The molecule has 1 aliphatic carbocycles. The Labute approximate surface area is 215 Å². The molecule has 1 fully saturated rings. The normalized spacial score (nSPS) is 21.9. The van der Waals surface area contributed by atoms with E-state index in [4.69, 9.17) is 9.47 Å². The maximum absolute atomic E-state index is 13.2. The molecule has 2 aromatic carbocycles. The molecule has 1 saturated heterocycles. The second-order valence-electron chi connectivity index (χ2n) is 9.50. The highest BCUT2D eigenvalue weighted by Crippen LogP contribution is 2.55. The van der Waals surface area contributed by atoms with Crippen molar-refractivity contribution in [1.82, 2.24) is 4.90 Å². The van der Waals surface area contributed by atoms with Crippen LogP contribution in [-0.4, -0.2) is 94.7 Å². The minimum absolute atomic E-state index is 0.0785. The van der Waals surface area contributed by atoms with Gasteiger partial charge < -0.3 is 60.5 Å². The number of aliphatic hydroxyl groups is 5. The zero-order valence-corrected chi connectivity index (χ0v) is 20.4. The Morgan fingerprint density at radius 1 is 0.868 bits per heavy atom. The number of hydrogen-bond donors (Lipinski definition) is 10. The number of aromatic hydroxyl groups is 5. The minimum atomic E-state index is -3.12. The Bertz CT molecular complexity index is 1250. The number of carbonyl (C=O) groups excluding carboxylic acids is 1. The number of phenolic OH excluding ortho intramolecular Hbond substituents is 5. The van der Waals surface area contributed by atoms with Crippen molar-refractivity contribution in [2.45, 2.75) is 36.6 Å². The van der Waals surface area contributed by atoms with Crippen molar-refractivity contribution >= 4 is 5.78 Å². The Balaban J connectivity index is 1.56. The van der Waals surface area contributed by atoms with Gasteiger partial charge in [0.25, 0.3) is 5.91 Å². The molecule has 0 saturated carbocycles. The molecule has 0 bridgehead atoms. The third-order valence-electron chi connectivity index (χ3n) is 7.44. The van der Waals surface area contributed by atoms with Gasteiger partial charge in [-0.15, -0.1) is 0 Å². The van der Waals surface area contributed by atoms with E-state index in [1.54, 1.807) is 0 Å². The number of nitrogens with zero attached hydrogens (tertiary/aromatic N) is 1. The van der Waals surface area contributed by atoms with Crippen LogP contribution >= 0.6 is 0 Å². The standard InChI is InChI=1S/C24H29NO13/c1-37-13-7-11-12(8-14(13)38-2)23(33,34)22(32,21(11)31)9-10-3-5-25(6-4-10)24(35,36)15-16(26)18(28)20(30)19(29)17(15)27/h7-8,10,26-30,32-36H,3-6,9H2,1-2H3. The van der Waals surface area contributed by atoms with Crippen LogP contribution in [0.2, 0.25) is 0 Å². The average Bonchev–Trinajstić information content (AvgIpc) is 3.02. The van der Waals surface area contributed by atoms with Gasteiger partial charge in [-0.25, -0.2) is 4.90 Å². The number of phenols is 5. The first kappa shape index (κ1) is 27.5. The Morgan fingerprint density at radius 2 is 1.34 bits per heavy atom. The van der Waals surface area contributed by atoms with E-state index in [1.807, 2.05) is 0 Å². The maximum atomic E-state index is 13.2. The van der Waals surface area contributed by atoms with Gasteiger partial charge >= 0.3 is 0 Å². The van der Waals surface area contributed by atoms with Gasteiger partial charge in [-0.1, -0.05) is 0 Å². The first-order valence-corrected chi connectivity index (χ1v) is 11.5. The van der Waals surface area contributed by atoms with Gasteiger partial charge in [0.2, 0.25) is 28.8 Å². The highest BCUT2D eigenvalue weighted by molar-refractivity contribution is 6.08. The van der Waals surface area contributed by atoms with Crippen LogP contribution in [0, 0.1) is 5.92 Å². The molecule has 4 rings (SSSR count). The summed E-state index contributed by atoms with van der Waals surface area (Å²) >= 11 is 0. The van der Waals surface area contributed by atoms with Crippen molar-refractivity contribution in [3.8, 4) is 40.2 Å². The first-order valence-electron chi connectivity index (χ1n) is 11.5. The van der Waals surface area contributed by atoms with Crippen molar-refractivity contribution in [1.29, 1.82) is 0 Å². The summed E-state index contributed by atoms with van der Waals surface area (Å²) in [6, 6.07) is 2.44. The molecule has 1 heterocycles. The second kappa shape index (κ2) is 9.04. The lowest BCUT2D eigenvalue weighted by molar-refractivity contribution is -0.285. The van der Waals surface area contributed by atoms with Crippen LogP contribution in [0.25, 0.3) is 0 Å². The topological polar surface area (TPSA) is 241 Å². The molecule has 14 heteroatoms. The van der Waals surface area contributed by atoms with Crippen LogP contribution in [0.15, 0.2) is 12.1 Å². The molecule has 10 N–H and O–H groups in total. The number of benzene rings is 2. The predicted octanol–water partition coefficient (Wildman–Crippen LogP) is -0.806. The third-order valence-corrected chi connectivity index (χ3v) is 7.44. The van der Waals surface area contributed by atoms with Crippen molar-refractivity contribution in [3.05, 3.63) is 28.8 Å². The van der Waals surface area contributed by atoms with Crippen LogP contribution in [-0.2, 0) is 11.7 Å². The molecule has 0 amide bonds. The highest BCUT2D eigenvalue weighted by Gasteiger charge is 2.63. The Hall–Kier alpha value is -3.53. The minimum Gasteiger partial charge on any atom is -0.504 e. The number of carbonyl (C=O) groups is 1. The van der Waals surface area contributed by atoms with Crippen LogP contribution in [0.4, 0.5) is 0 Å². The van der Waals surface area contributed by atoms with Crippen molar-refractivity contribution in [2.75, 3.05) is 27.3 Å². The van der Waals surface area contributed by atoms with Crippen molar-refractivity contribution < 1.29 is 65.3 Å². The lowest BCUT2D eigenvalue weighted by Crippen LogP contribution is -2.55. The van der Waals surface area contributed by atoms with Gasteiger partial charge in [-0.05, 0) is 37.3 Å². The molecular formula is C24H29NO13. The van der Waals surface area contributed by atoms with Crippen LogP contribution in [0.5, 0.6) is 40.2 Å². The zero-order chi connectivity index (χ0) is 28.4. The van der Waals surface area contributed by atoms with E-state index >= 15 is 0 Å². The molecule has 14 nitrogen and oxygen atoms in total. The van der Waals surface area contributed by atoms with E-state index in [0.717, 1.165) is 4.90 Å². The van der Waals surface area contributed by atoms with Gasteiger partial charge in [0.1, 0.15) is 5.56 Å². The van der Waals surface area contributed by atoms with E-state index in [0.29, 0.717) is 0 Å². The number of rotatable bonds is 6. The SMILES string of the molecule is COc1cc2c(cc1OC)C(O)(O)C(O)(CC1CCN(C(O)(O)c3c(O)c(O)c(O)c(O)c3O)CC1)C2=O. The number of likely N-dealkylation sites (tertiary alicyclic amines) is 1. The highest BCUT2D eigenvalue weighted by atomic mass is 16.5. The van der Waals surface area contributed by atoms with Gasteiger partial charge in [0, 0.05) is 24.2 Å². The molecule has 0 aromatic heterocycles. The van der Waals surface area contributed by atoms with Crippen molar-refractivity contribution in [2.24, 2.45) is 5.92 Å². The number of fused-ring (bicyclic) bond motifs is 1. The number of methoxy groups -OCH3 is 2. The lowest BCUT2D eigenvalue weighted by atomic mass is 9.79. The van der Waals surface area contributed by atoms with Gasteiger partial charge in [-0.2, -0.15) is 0 Å². The largest absolute Gasteiger partial charge is 0.504 e. The molecule has 0 spiro atoms. The number of Topliss-reactive ketones (excluding diaryl/α,β-unsaturated/α-hetero) is 1. The van der Waals surface area contributed by atoms with E-state index < -0.39 is 69.7 Å². The molecule has 1 aliphatic heterocycles. The smallest absolute Gasteiger partial charge is 0.261 e. The summed E-state index contributed by atoms with van der Waals surface area (Å²) in [6.07, 6.45) is -0.253. The molecule has 2 aromatic rings. The molecule has 1 atom stereocenters. The summed E-state index contributed by atoms with van der Waals surface area (Å²) in [5.74, 6) is -13.7. The molecule has 0 radical (unpaired) electrons. The molecule has 38 heavy (non-hydrogen) atoms. The summed E-state index contributed by atoms with van der Waals surface area (Å²) < 4.78 is 10.3. The Kier molecular flexibility index (Phi) is 6.54. The zero-order valence-electron chi connectivity index (χ0n) is 20.4.